The predicted octanol–water partition coefficient (Wildman–Crippen LogP) is 4.22. The SMILES string of the molecule is CC1CN(c2nc(-c3ccccc3)nc3c2CN(C(=O)Nc2ccc(C#N)cc2)CC3)CC(C)O1. The Labute approximate surface area is 205 Å². The van der Waals surface area contributed by atoms with E-state index < -0.39 is 0 Å². The average molecular weight is 469 g/mol. The molecule has 2 aliphatic heterocycles. The maximum atomic E-state index is 13.1. The Kier molecular flexibility index (Phi) is 6.34. The summed E-state index contributed by atoms with van der Waals surface area (Å²) in [5, 5.41) is 11.9. The van der Waals surface area contributed by atoms with Gasteiger partial charge in [0.2, 0.25) is 0 Å². The third-order valence-corrected chi connectivity index (χ3v) is 6.34. The van der Waals surface area contributed by atoms with Gasteiger partial charge >= 0.3 is 6.03 Å². The van der Waals surface area contributed by atoms with Crippen molar-refractivity contribution in [3.05, 3.63) is 71.4 Å². The fourth-order valence-electron chi connectivity index (χ4n) is 4.73. The van der Waals surface area contributed by atoms with E-state index in [2.05, 4.69) is 30.1 Å². The number of nitrogens with one attached hydrogen (secondary N) is 1. The van der Waals surface area contributed by atoms with Gasteiger partial charge in [0.1, 0.15) is 5.82 Å². The van der Waals surface area contributed by atoms with Crippen LogP contribution < -0.4 is 10.2 Å². The summed E-state index contributed by atoms with van der Waals surface area (Å²) in [7, 11) is 0. The van der Waals surface area contributed by atoms with Gasteiger partial charge in [-0.25, -0.2) is 14.8 Å². The molecule has 8 heteroatoms. The molecule has 8 nitrogen and oxygen atoms in total. The molecule has 1 N–H and O–H groups in total. The molecule has 0 aliphatic carbocycles. The number of amides is 2. The maximum absolute atomic E-state index is 13.1. The van der Waals surface area contributed by atoms with Crippen LogP contribution >= 0.6 is 0 Å². The molecule has 0 saturated carbocycles. The minimum Gasteiger partial charge on any atom is -0.372 e. The third-order valence-electron chi connectivity index (χ3n) is 6.34. The summed E-state index contributed by atoms with van der Waals surface area (Å²) < 4.78 is 5.96. The Morgan fingerprint density at radius 2 is 1.77 bits per heavy atom. The zero-order chi connectivity index (χ0) is 24.4. The standard InChI is InChI=1S/C27H28N6O2/c1-18-15-33(16-19(2)35-18)26-23-17-32(27(34)29-22-10-8-20(14-28)9-11-22)13-12-24(23)30-25(31-26)21-6-4-3-5-7-21/h3-11,18-19H,12-13,15-17H2,1-2H3,(H,29,34). The molecule has 2 aliphatic rings. The number of nitriles is 1. The molecule has 178 valence electrons. The molecular weight excluding hydrogens is 440 g/mol. The van der Waals surface area contributed by atoms with E-state index >= 15 is 0 Å². The number of hydrogen-bond donors (Lipinski definition) is 1. The minimum atomic E-state index is -0.179. The van der Waals surface area contributed by atoms with Gasteiger partial charge < -0.3 is 19.9 Å². The first-order valence-electron chi connectivity index (χ1n) is 11.9. The lowest BCUT2D eigenvalue weighted by Gasteiger charge is -2.39. The number of morpholine rings is 1. The first kappa shape index (κ1) is 22.8. The molecule has 3 heterocycles. The largest absolute Gasteiger partial charge is 0.372 e. The highest BCUT2D eigenvalue weighted by atomic mass is 16.5. The summed E-state index contributed by atoms with van der Waals surface area (Å²) in [5.74, 6) is 1.59. The van der Waals surface area contributed by atoms with Crippen molar-refractivity contribution in [2.75, 3.05) is 29.9 Å². The van der Waals surface area contributed by atoms with E-state index in [9.17, 15) is 4.79 Å². The highest BCUT2D eigenvalue weighted by Gasteiger charge is 2.31. The van der Waals surface area contributed by atoms with Gasteiger partial charge in [0.25, 0.3) is 0 Å². The molecule has 0 bridgehead atoms. The monoisotopic (exact) mass is 468 g/mol. The topological polar surface area (TPSA) is 94.4 Å². The minimum absolute atomic E-state index is 0.0870. The van der Waals surface area contributed by atoms with Crippen molar-refractivity contribution in [3.8, 4) is 17.5 Å². The van der Waals surface area contributed by atoms with Crippen LogP contribution in [0.3, 0.4) is 0 Å². The summed E-state index contributed by atoms with van der Waals surface area (Å²) >= 11 is 0. The van der Waals surface area contributed by atoms with Crippen LogP contribution in [0, 0.1) is 11.3 Å². The third kappa shape index (κ3) is 4.96. The van der Waals surface area contributed by atoms with Crippen molar-refractivity contribution < 1.29 is 9.53 Å². The maximum Gasteiger partial charge on any atom is 0.322 e. The first-order valence-corrected chi connectivity index (χ1v) is 11.9. The van der Waals surface area contributed by atoms with Gasteiger partial charge in [0.05, 0.1) is 36.1 Å². The molecule has 35 heavy (non-hydrogen) atoms. The van der Waals surface area contributed by atoms with Gasteiger partial charge in [-0.2, -0.15) is 5.26 Å². The van der Waals surface area contributed by atoms with Crippen LogP contribution in [0.1, 0.15) is 30.7 Å². The summed E-state index contributed by atoms with van der Waals surface area (Å²) in [6.07, 6.45) is 0.828. The molecule has 0 spiro atoms. The van der Waals surface area contributed by atoms with Crippen molar-refractivity contribution in [3.63, 3.8) is 0 Å². The van der Waals surface area contributed by atoms with Crippen molar-refractivity contribution in [1.82, 2.24) is 14.9 Å². The number of fused-ring (bicyclic) bond motifs is 1. The second kappa shape index (κ2) is 9.72. The Balaban J connectivity index is 1.45. The second-order valence-electron chi connectivity index (χ2n) is 9.12. The Morgan fingerprint density at radius 1 is 1.06 bits per heavy atom. The average Bonchev–Trinajstić information content (AvgIpc) is 2.88. The molecule has 5 rings (SSSR count). The van der Waals surface area contributed by atoms with E-state index in [4.69, 9.17) is 20.0 Å². The Bertz CT molecular complexity index is 1250. The molecule has 3 aromatic rings. The van der Waals surface area contributed by atoms with E-state index in [1.165, 1.54) is 0 Å². The first-order chi connectivity index (χ1) is 17.0. The van der Waals surface area contributed by atoms with Crippen LogP contribution in [-0.4, -0.2) is 52.7 Å². The van der Waals surface area contributed by atoms with Crippen molar-refractivity contribution in [2.45, 2.75) is 39.0 Å². The van der Waals surface area contributed by atoms with E-state index in [1.807, 2.05) is 30.3 Å². The highest BCUT2D eigenvalue weighted by molar-refractivity contribution is 5.89. The normalized spacial score (nSPS) is 19.6. The number of rotatable bonds is 3. The van der Waals surface area contributed by atoms with Gasteiger partial charge in [0, 0.05) is 42.9 Å². The Hall–Kier alpha value is -3.96. The van der Waals surface area contributed by atoms with E-state index in [0.29, 0.717) is 36.6 Å². The summed E-state index contributed by atoms with van der Waals surface area (Å²) in [6.45, 7) is 6.62. The number of carbonyl (C=O) groups excluding carboxylic acids is 1. The zero-order valence-corrected chi connectivity index (χ0v) is 19.9. The van der Waals surface area contributed by atoms with E-state index in [1.54, 1.807) is 29.2 Å². The fourth-order valence-corrected chi connectivity index (χ4v) is 4.73. The van der Waals surface area contributed by atoms with E-state index in [0.717, 1.165) is 35.7 Å². The Morgan fingerprint density at radius 3 is 2.46 bits per heavy atom. The quantitative estimate of drug-likeness (QED) is 0.619. The number of benzene rings is 2. The molecule has 2 atom stereocenters. The van der Waals surface area contributed by atoms with Gasteiger partial charge in [-0.15, -0.1) is 0 Å². The molecule has 2 amide bonds. The second-order valence-corrected chi connectivity index (χ2v) is 9.12. The van der Waals surface area contributed by atoms with Crippen LogP contribution in [-0.2, 0) is 17.7 Å². The molecule has 1 fully saturated rings. The van der Waals surface area contributed by atoms with Crippen molar-refractivity contribution in [1.29, 1.82) is 5.26 Å². The lowest BCUT2D eigenvalue weighted by atomic mass is 10.0. The van der Waals surface area contributed by atoms with Crippen LogP contribution in [0.5, 0.6) is 0 Å². The zero-order valence-electron chi connectivity index (χ0n) is 19.9. The number of nitrogens with zero attached hydrogens (tertiary/aromatic N) is 5. The lowest BCUT2D eigenvalue weighted by Crippen LogP contribution is -2.47. The van der Waals surface area contributed by atoms with Crippen LogP contribution in [0.2, 0.25) is 0 Å². The van der Waals surface area contributed by atoms with E-state index in [-0.39, 0.29) is 18.2 Å². The number of ether oxygens (including phenoxy) is 1. The molecule has 1 saturated heterocycles. The highest BCUT2D eigenvalue weighted by Crippen LogP contribution is 2.31. The number of aromatic nitrogens is 2. The lowest BCUT2D eigenvalue weighted by molar-refractivity contribution is -0.00556. The summed E-state index contributed by atoms with van der Waals surface area (Å²) in [6, 6.07) is 18.8. The molecule has 1 aromatic heterocycles. The van der Waals surface area contributed by atoms with Crippen LogP contribution in [0.15, 0.2) is 54.6 Å². The fraction of sp³-hybridized carbons (Fsp3) is 0.333. The number of anilines is 2. The van der Waals surface area contributed by atoms with Gasteiger partial charge in [-0.1, -0.05) is 30.3 Å². The smallest absolute Gasteiger partial charge is 0.322 e. The molecular formula is C27H28N6O2. The van der Waals surface area contributed by atoms with Crippen LogP contribution in [0.25, 0.3) is 11.4 Å². The summed E-state index contributed by atoms with van der Waals surface area (Å²) in [4.78, 5) is 27.1. The van der Waals surface area contributed by atoms with Gasteiger partial charge in [-0.3, -0.25) is 0 Å². The number of carbonyl (C=O) groups is 1. The molecule has 0 radical (unpaired) electrons. The predicted molar refractivity (Wildman–Crippen MR) is 134 cm³/mol. The number of urea groups is 1. The van der Waals surface area contributed by atoms with Crippen LogP contribution in [0.4, 0.5) is 16.3 Å². The molecule has 2 aromatic carbocycles. The van der Waals surface area contributed by atoms with Crippen molar-refractivity contribution >= 4 is 17.5 Å². The number of hydrogen-bond acceptors (Lipinski definition) is 6. The van der Waals surface area contributed by atoms with Gasteiger partial charge in [0.15, 0.2) is 5.82 Å². The van der Waals surface area contributed by atoms with Gasteiger partial charge in [-0.05, 0) is 38.1 Å². The summed E-state index contributed by atoms with van der Waals surface area (Å²) in [5.41, 5.74) is 4.17. The molecule has 2 unspecified atom stereocenters. The van der Waals surface area contributed by atoms with Crippen molar-refractivity contribution in [2.24, 2.45) is 0 Å².